The maximum Gasteiger partial charge on any atom is 0.328 e. The summed E-state index contributed by atoms with van der Waals surface area (Å²) in [7, 11) is 0. The number of esters is 1. The number of aromatic nitrogens is 2. The van der Waals surface area contributed by atoms with Crippen molar-refractivity contribution in [1.29, 1.82) is 0 Å². The Balaban J connectivity index is 0.00000220. The van der Waals surface area contributed by atoms with Crippen LogP contribution in [0.25, 0.3) is 0 Å². The molecule has 2 aromatic rings. The molecule has 22 heavy (non-hydrogen) atoms. The summed E-state index contributed by atoms with van der Waals surface area (Å²) in [6, 6.07) is 7.58. The zero-order valence-electron chi connectivity index (χ0n) is 12.5. The SMILES string of the molecule is CCOC(=O)[C@H](C)Nc1ccc(Cc2ncc[nH]2)cc1.Cl.Cl. The number of hydrogen-bond acceptors (Lipinski definition) is 4. The molecule has 0 spiro atoms. The van der Waals surface area contributed by atoms with Crippen molar-refractivity contribution < 1.29 is 9.53 Å². The maximum absolute atomic E-state index is 11.5. The van der Waals surface area contributed by atoms with Crippen molar-refractivity contribution in [3.63, 3.8) is 0 Å². The minimum atomic E-state index is -0.356. The monoisotopic (exact) mass is 345 g/mol. The molecule has 0 amide bonds. The van der Waals surface area contributed by atoms with Crippen LogP contribution in [0.5, 0.6) is 0 Å². The molecule has 7 heteroatoms. The highest BCUT2D eigenvalue weighted by Crippen LogP contribution is 2.13. The first-order valence-electron chi connectivity index (χ1n) is 6.69. The molecule has 0 saturated heterocycles. The predicted molar refractivity (Wildman–Crippen MR) is 92.0 cm³/mol. The highest BCUT2D eigenvalue weighted by Gasteiger charge is 2.13. The number of benzene rings is 1. The van der Waals surface area contributed by atoms with Crippen LogP contribution in [-0.4, -0.2) is 28.6 Å². The molecular formula is C15H21Cl2N3O2. The standard InChI is InChI=1S/C15H19N3O2.2ClH/c1-3-20-15(19)11(2)18-13-6-4-12(5-7-13)10-14-16-8-9-17-14;;/h4-9,11,18H,3,10H2,1-2H3,(H,16,17);2*1H/t11-;;/m0../s1. The lowest BCUT2D eigenvalue weighted by molar-refractivity contribution is -0.143. The van der Waals surface area contributed by atoms with Gasteiger partial charge in [-0.1, -0.05) is 12.1 Å². The van der Waals surface area contributed by atoms with E-state index in [1.807, 2.05) is 30.5 Å². The minimum Gasteiger partial charge on any atom is -0.464 e. The van der Waals surface area contributed by atoms with Crippen molar-refractivity contribution in [2.45, 2.75) is 26.3 Å². The summed E-state index contributed by atoms with van der Waals surface area (Å²) in [6.07, 6.45) is 4.32. The van der Waals surface area contributed by atoms with Gasteiger partial charge in [0.1, 0.15) is 11.9 Å². The molecular weight excluding hydrogens is 325 g/mol. The summed E-state index contributed by atoms with van der Waals surface area (Å²) in [5, 5.41) is 3.11. The molecule has 5 nitrogen and oxygen atoms in total. The third kappa shape index (κ3) is 5.95. The molecule has 0 saturated carbocycles. The highest BCUT2D eigenvalue weighted by atomic mass is 35.5. The molecule has 0 aliphatic heterocycles. The van der Waals surface area contributed by atoms with Crippen LogP contribution in [0.3, 0.4) is 0 Å². The van der Waals surface area contributed by atoms with Gasteiger partial charge in [-0.05, 0) is 31.5 Å². The Kier molecular flexibility index (Phi) is 9.29. The van der Waals surface area contributed by atoms with Crippen LogP contribution in [0.1, 0.15) is 25.2 Å². The lowest BCUT2D eigenvalue weighted by atomic mass is 10.1. The van der Waals surface area contributed by atoms with Crippen LogP contribution in [-0.2, 0) is 16.0 Å². The maximum atomic E-state index is 11.5. The van der Waals surface area contributed by atoms with E-state index in [1.54, 1.807) is 20.0 Å². The van der Waals surface area contributed by atoms with E-state index in [-0.39, 0.29) is 36.8 Å². The van der Waals surface area contributed by atoms with Gasteiger partial charge >= 0.3 is 5.97 Å². The van der Waals surface area contributed by atoms with Crippen LogP contribution in [0, 0.1) is 0 Å². The molecule has 122 valence electrons. The second-order valence-electron chi connectivity index (χ2n) is 4.53. The Labute approximate surface area is 142 Å². The van der Waals surface area contributed by atoms with Crippen molar-refractivity contribution >= 4 is 36.5 Å². The van der Waals surface area contributed by atoms with Gasteiger partial charge in [0, 0.05) is 24.5 Å². The number of hydrogen-bond donors (Lipinski definition) is 2. The van der Waals surface area contributed by atoms with Gasteiger partial charge in [0.05, 0.1) is 6.61 Å². The van der Waals surface area contributed by atoms with Crippen LogP contribution >= 0.6 is 24.8 Å². The van der Waals surface area contributed by atoms with Crippen LogP contribution in [0.4, 0.5) is 5.69 Å². The third-order valence-corrected chi connectivity index (χ3v) is 2.90. The topological polar surface area (TPSA) is 67.0 Å². The highest BCUT2D eigenvalue weighted by molar-refractivity contribution is 5.85. The van der Waals surface area contributed by atoms with Crippen LogP contribution < -0.4 is 5.32 Å². The Morgan fingerprint density at radius 1 is 1.32 bits per heavy atom. The van der Waals surface area contributed by atoms with Gasteiger partial charge in [-0.3, -0.25) is 0 Å². The Morgan fingerprint density at radius 2 is 2.00 bits per heavy atom. The number of H-pyrrole nitrogens is 1. The number of nitrogens with zero attached hydrogens (tertiary/aromatic N) is 1. The normalized spacial score (nSPS) is 10.8. The summed E-state index contributed by atoms with van der Waals surface area (Å²) in [5.74, 6) is 0.692. The molecule has 0 radical (unpaired) electrons. The second-order valence-corrected chi connectivity index (χ2v) is 4.53. The fraction of sp³-hybridized carbons (Fsp3) is 0.333. The molecule has 1 aromatic carbocycles. The number of anilines is 1. The molecule has 1 atom stereocenters. The number of rotatable bonds is 6. The molecule has 0 unspecified atom stereocenters. The molecule has 0 fully saturated rings. The van der Waals surface area contributed by atoms with Crippen molar-refractivity contribution in [2.75, 3.05) is 11.9 Å². The molecule has 2 rings (SSSR count). The molecule has 0 aliphatic carbocycles. The second kappa shape index (κ2) is 10.1. The molecule has 0 aliphatic rings. The average molecular weight is 346 g/mol. The van der Waals surface area contributed by atoms with Gasteiger partial charge in [-0.2, -0.15) is 0 Å². The summed E-state index contributed by atoms with van der Waals surface area (Å²) in [4.78, 5) is 18.8. The number of ether oxygens (including phenoxy) is 1. The number of nitrogens with one attached hydrogen (secondary N) is 2. The van der Waals surface area contributed by atoms with Gasteiger partial charge < -0.3 is 15.0 Å². The number of halogens is 2. The number of carbonyl (C=O) groups excluding carboxylic acids is 1. The van der Waals surface area contributed by atoms with Gasteiger partial charge in [0.25, 0.3) is 0 Å². The van der Waals surface area contributed by atoms with Crippen LogP contribution in [0.2, 0.25) is 0 Å². The molecule has 1 aromatic heterocycles. The van der Waals surface area contributed by atoms with E-state index in [4.69, 9.17) is 4.74 Å². The number of aromatic amines is 1. The predicted octanol–water partition coefficient (Wildman–Crippen LogP) is 3.21. The lowest BCUT2D eigenvalue weighted by Crippen LogP contribution is -2.28. The summed E-state index contributed by atoms with van der Waals surface area (Å²) in [5.41, 5.74) is 2.06. The van der Waals surface area contributed by atoms with E-state index < -0.39 is 0 Å². The average Bonchev–Trinajstić information content (AvgIpc) is 2.94. The fourth-order valence-corrected chi connectivity index (χ4v) is 1.88. The van der Waals surface area contributed by atoms with Gasteiger partial charge in [-0.15, -0.1) is 24.8 Å². The van der Waals surface area contributed by atoms with Crippen molar-refractivity contribution in [1.82, 2.24) is 9.97 Å². The van der Waals surface area contributed by atoms with E-state index in [9.17, 15) is 4.79 Å². The summed E-state index contributed by atoms with van der Waals surface area (Å²) in [6.45, 7) is 3.98. The first kappa shape index (κ1) is 20.3. The van der Waals surface area contributed by atoms with Crippen molar-refractivity contribution in [2.24, 2.45) is 0 Å². The van der Waals surface area contributed by atoms with Crippen molar-refractivity contribution in [3.8, 4) is 0 Å². The van der Waals surface area contributed by atoms with Gasteiger partial charge in [0.2, 0.25) is 0 Å². The van der Waals surface area contributed by atoms with E-state index >= 15 is 0 Å². The van der Waals surface area contributed by atoms with Crippen molar-refractivity contribution in [3.05, 3.63) is 48.0 Å². The lowest BCUT2D eigenvalue weighted by Gasteiger charge is -2.14. The Morgan fingerprint density at radius 3 is 2.55 bits per heavy atom. The quantitative estimate of drug-likeness (QED) is 0.789. The zero-order chi connectivity index (χ0) is 14.4. The van der Waals surface area contributed by atoms with E-state index in [1.165, 1.54) is 0 Å². The van der Waals surface area contributed by atoms with E-state index in [0.29, 0.717) is 6.61 Å². The van der Waals surface area contributed by atoms with Gasteiger partial charge in [-0.25, -0.2) is 9.78 Å². The number of carbonyl (C=O) groups is 1. The summed E-state index contributed by atoms with van der Waals surface area (Å²) < 4.78 is 4.96. The molecule has 1 heterocycles. The molecule has 0 bridgehead atoms. The largest absolute Gasteiger partial charge is 0.464 e. The Hall–Kier alpha value is -1.72. The summed E-state index contributed by atoms with van der Waals surface area (Å²) >= 11 is 0. The minimum absolute atomic E-state index is 0. The Bertz CT molecular complexity index is 544. The fourth-order valence-electron chi connectivity index (χ4n) is 1.88. The zero-order valence-corrected chi connectivity index (χ0v) is 14.2. The van der Waals surface area contributed by atoms with E-state index in [2.05, 4.69) is 15.3 Å². The van der Waals surface area contributed by atoms with E-state index in [0.717, 1.165) is 23.5 Å². The third-order valence-electron chi connectivity index (χ3n) is 2.90. The first-order chi connectivity index (χ1) is 9.69. The van der Waals surface area contributed by atoms with Gasteiger partial charge in [0.15, 0.2) is 0 Å². The number of imidazole rings is 1. The smallest absolute Gasteiger partial charge is 0.328 e. The first-order valence-corrected chi connectivity index (χ1v) is 6.69. The van der Waals surface area contributed by atoms with Crippen LogP contribution in [0.15, 0.2) is 36.7 Å². The molecule has 2 N–H and O–H groups in total.